The fourth-order valence-corrected chi connectivity index (χ4v) is 9.04. The fourth-order valence-electron chi connectivity index (χ4n) is 6.16. The molecule has 0 saturated heterocycles. The SMILES string of the molecule is COc1cccc2c1OC(=O)[C@@H]1[C@H]3C[C@@H]([C@@H]4Sc5[nH]c(=O)sc5[C@@H]2[C@H]34)[C@@H]1C(=O)O. The van der Waals surface area contributed by atoms with Gasteiger partial charge in [-0.15, -0.1) is 11.8 Å². The molecule has 2 N–H and O–H groups in total. The van der Waals surface area contributed by atoms with E-state index in [2.05, 4.69) is 4.98 Å². The van der Waals surface area contributed by atoms with Gasteiger partial charge in [0.2, 0.25) is 0 Å². The molecule has 150 valence electrons. The number of carbonyl (C=O) groups is 2. The van der Waals surface area contributed by atoms with Crippen LogP contribution in [0.1, 0.15) is 22.8 Å². The van der Waals surface area contributed by atoms with E-state index in [0.29, 0.717) is 17.9 Å². The lowest BCUT2D eigenvalue weighted by Gasteiger charge is -2.45. The van der Waals surface area contributed by atoms with Crippen molar-refractivity contribution < 1.29 is 24.2 Å². The van der Waals surface area contributed by atoms with Crippen LogP contribution in [-0.4, -0.2) is 34.4 Å². The number of aromatic nitrogens is 1. The van der Waals surface area contributed by atoms with Gasteiger partial charge >= 0.3 is 16.8 Å². The van der Waals surface area contributed by atoms with Crippen molar-refractivity contribution >= 4 is 35.0 Å². The van der Waals surface area contributed by atoms with Gasteiger partial charge in [-0.05, 0) is 30.2 Å². The molecule has 2 bridgehead atoms. The summed E-state index contributed by atoms with van der Waals surface area (Å²) in [7, 11) is 1.51. The molecule has 2 aliphatic carbocycles. The third-order valence-corrected chi connectivity index (χ3v) is 9.63. The summed E-state index contributed by atoms with van der Waals surface area (Å²) < 4.78 is 11.3. The van der Waals surface area contributed by atoms with Gasteiger partial charge in [-0.25, -0.2) is 0 Å². The summed E-state index contributed by atoms with van der Waals surface area (Å²) in [5.74, 6) is -2.28. The first-order valence-electron chi connectivity index (χ1n) is 9.50. The summed E-state index contributed by atoms with van der Waals surface area (Å²) in [6, 6.07) is 5.52. The van der Waals surface area contributed by atoms with Crippen LogP contribution in [-0.2, 0) is 9.59 Å². The molecule has 2 saturated carbocycles. The van der Waals surface area contributed by atoms with Crippen molar-refractivity contribution in [1.29, 1.82) is 0 Å². The van der Waals surface area contributed by atoms with Crippen molar-refractivity contribution in [2.24, 2.45) is 29.6 Å². The number of methoxy groups -OCH3 is 1. The Morgan fingerprint density at radius 1 is 1.31 bits per heavy atom. The number of benzene rings is 1. The number of aliphatic carboxylic acids is 1. The van der Waals surface area contributed by atoms with Crippen molar-refractivity contribution in [1.82, 2.24) is 4.98 Å². The van der Waals surface area contributed by atoms with E-state index in [1.807, 2.05) is 12.1 Å². The third-order valence-electron chi connectivity index (χ3n) is 7.04. The van der Waals surface area contributed by atoms with E-state index in [9.17, 15) is 19.5 Å². The lowest BCUT2D eigenvalue weighted by molar-refractivity contribution is -0.156. The molecule has 29 heavy (non-hydrogen) atoms. The van der Waals surface area contributed by atoms with Crippen LogP contribution in [0.15, 0.2) is 28.0 Å². The van der Waals surface area contributed by atoms with E-state index in [0.717, 1.165) is 15.5 Å². The van der Waals surface area contributed by atoms with Gasteiger partial charge in [-0.2, -0.15) is 0 Å². The Morgan fingerprint density at radius 2 is 2.14 bits per heavy atom. The number of hydrogen-bond acceptors (Lipinski definition) is 7. The van der Waals surface area contributed by atoms with Crippen LogP contribution in [0.5, 0.6) is 11.5 Å². The van der Waals surface area contributed by atoms with Crippen molar-refractivity contribution in [3.05, 3.63) is 38.3 Å². The summed E-state index contributed by atoms with van der Waals surface area (Å²) >= 11 is 2.78. The van der Waals surface area contributed by atoms with E-state index in [1.165, 1.54) is 18.4 Å². The monoisotopic (exact) mass is 431 g/mol. The Bertz CT molecular complexity index is 1120. The average Bonchev–Trinajstić information content (AvgIpc) is 3.35. The molecule has 0 spiro atoms. The number of hydrogen-bond donors (Lipinski definition) is 2. The molecule has 7 atom stereocenters. The average molecular weight is 431 g/mol. The van der Waals surface area contributed by atoms with E-state index in [-0.39, 0.29) is 33.8 Å². The number of fused-ring (bicyclic) bond motifs is 6. The number of H-pyrrole nitrogens is 1. The van der Waals surface area contributed by atoms with Crippen LogP contribution >= 0.6 is 23.1 Å². The first kappa shape index (κ1) is 17.6. The second-order valence-electron chi connectivity index (χ2n) is 8.10. The lowest BCUT2D eigenvalue weighted by atomic mass is 9.66. The van der Waals surface area contributed by atoms with Gasteiger partial charge in [-0.3, -0.25) is 14.4 Å². The van der Waals surface area contributed by atoms with Gasteiger partial charge < -0.3 is 19.6 Å². The van der Waals surface area contributed by atoms with Gasteiger partial charge in [0, 0.05) is 21.6 Å². The number of thioether (sulfide) groups is 1. The summed E-state index contributed by atoms with van der Waals surface area (Å²) in [6.45, 7) is 0. The second-order valence-corrected chi connectivity index (χ2v) is 10.3. The number of aromatic amines is 1. The maximum atomic E-state index is 13.1. The predicted octanol–water partition coefficient (Wildman–Crippen LogP) is 2.55. The van der Waals surface area contributed by atoms with Gasteiger partial charge in [0.05, 0.1) is 24.0 Å². The minimum absolute atomic E-state index is 0.0463. The van der Waals surface area contributed by atoms with Crippen LogP contribution in [0, 0.1) is 29.6 Å². The maximum Gasteiger partial charge on any atom is 0.315 e. The molecule has 0 unspecified atom stereocenters. The van der Waals surface area contributed by atoms with E-state index in [1.54, 1.807) is 17.8 Å². The van der Waals surface area contributed by atoms with Gasteiger partial charge in [0.25, 0.3) is 0 Å². The van der Waals surface area contributed by atoms with Crippen molar-refractivity contribution in [2.75, 3.05) is 7.11 Å². The number of thiazole rings is 1. The molecule has 6 rings (SSSR count). The molecule has 4 aliphatic rings. The molecule has 9 heteroatoms. The number of carbonyl (C=O) groups excluding carboxylic acids is 1. The Hall–Kier alpha value is -2.26. The van der Waals surface area contributed by atoms with Gasteiger partial charge in [-0.1, -0.05) is 23.5 Å². The van der Waals surface area contributed by atoms with Crippen LogP contribution in [0.25, 0.3) is 0 Å². The summed E-state index contributed by atoms with van der Waals surface area (Å²) in [4.78, 5) is 41.2. The maximum absolute atomic E-state index is 13.1. The number of rotatable bonds is 2. The highest BCUT2D eigenvalue weighted by Gasteiger charge is 2.67. The highest BCUT2D eigenvalue weighted by Crippen LogP contribution is 2.68. The molecular formula is C20H17NO6S2. The van der Waals surface area contributed by atoms with Crippen LogP contribution in [0.4, 0.5) is 0 Å². The van der Waals surface area contributed by atoms with Crippen molar-refractivity contribution in [3.8, 4) is 11.5 Å². The number of carboxylic acids is 1. The van der Waals surface area contributed by atoms with Gasteiger partial charge in [0.15, 0.2) is 11.5 Å². The van der Waals surface area contributed by atoms with Crippen molar-refractivity contribution in [2.45, 2.75) is 22.6 Å². The molecule has 1 aromatic carbocycles. The number of esters is 1. The smallest absolute Gasteiger partial charge is 0.315 e. The summed E-state index contributed by atoms with van der Waals surface area (Å²) in [6.07, 6.45) is 0.702. The van der Waals surface area contributed by atoms with E-state index in [4.69, 9.17) is 9.47 Å². The predicted molar refractivity (Wildman–Crippen MR) is 105 cm³/mol. The molecule has 2 fully saturated rings. The Morgan fingerprint density at radius 3 is 2.90 bits per heavy atom. The van der Waals surface area contributed by atoms with E-state index < -0.39 is 23.8 Å². The standard InChI is InChI=1S/C20H17NO6S2/c1-26-9-4-2-3-6-10-11-7-5-8(15(11)28-17-16(10)29-20(25)21-17)12(18(22)23)13(7)19(24)27-14(6)9/h2-4,7-8,10-13,15H,5H2,1H3,(H,21,25)(H,22,23)/t7-,8+,10-,11-,12-,13+,15-/m0/s1. The highest BCUT2D eigenvalue weighted by molar-refractivity contribution is 8.00. The van der Waals surface area contributed by atoms with Crippen LogP contribution in [0.2, 0.25) is 0 Å². The molecule has 7 nitrogen and oxygen atoms in total. The summed E-state index contributed by atoms with van der Waals surface area (Å²) in [5, 5.41) is 10.8. The normalized spacial score (nSPS) is 35.9. The zero-order valence-electron chi connectivity index (χ0n) is 15.3. The van der Waals surface area contributed by atoms with E-state index >= 15 is 0 Å². The van der Waals surface area contributed by atoms with Crippen molar-refractivity contribution in [3.63, 3.8) is 0 Å². The highest BCUT2D eigenvalue weighted by atomic mass is 32.2. The molecule has 1 aromatic heterocycles. The zero-order chi connectivity index (χ0) is 20.0. The molecule has 2 aromatic rings. The second kappa shape index (κ2) is 5.89. The molecule has 0 radical (unpaired) electrons. The van der Waals surface area contributed by atoms with Crippen LogP contribution in [0.3, 0.4) is 0 Å². The largest absolute Gasteiger partial charge is 0.493 e. The Balaban J connectivity index is 1.65. The molecule has 0 amide bonds. The topological polar surface area (TPSA) is 106 Å². The first-order valence-corrected chi connectivity index (χ1v) is 11.2. The minimum Gasteiger partial charge on any atom is -0.493 e. The minimum atomic E-state index is -0.944. The molecule has 3 heterocycles. The molecule has 2 aliphatic heterocycles. The Labute approximate surface area is 173 Å². The number of nitrogens with one attached hydrogen (secondary N) is 1. The fraction of sp³-hybridized carbons (Fsp3) is 0.450. The lowest BCUT2D eigenvalue weighted by Crippen LogP contribution is -2.49. The van der Waals surface area contributed by atoms with Gasteiger partial charge in [0.1, 0.15) is 0 Å². The molecular weight excluding hydrogens is 414 g/mol. The number of ether oxygens (including phenoxy) is 2. The Kier molecular flexibility index (Phi) is 3.57. The summed E-state index contributed by atoms with van der Waals surface area (Å²) in [5.41, 5.74) is 0.836. The zero-order valence-corrected chi connectivity index (χ0v) is 16.9. The van der Waals surface area contributed by atoms with Crippen LogP contribution < -0.4 is 14.3 Å². The number of carboxylic acid groups (broad SMARTS) is 1. The first-order chi connectivity index (χ1) is 14.0. The number of para-hydroxylation sites is 1. The quantitative estimate of drug-likeness (QED) is 0.556. The third kappa shape index (κ3) is 2.17.